The summed E-state index contributed by atoms with van der Waals surface area (Å²) in [6.07, 6.45) is 3.88. The lowest BCUT2D eigenvalue weighted by Crippen LogP contribution is -2.38. The Morgan fingerprint density at radius 3 is 2.69 bits per heavy atom. The molecule has 0 fully saturated rings. The van der Waals surface area contributed by atoms with E-state index in [9.17, 15) is 0 Å². The van der Waals surface area contributed by atoms with Crippen molar-refractivity contribution in [2.75, 3.05) is 18.8 Å². The number of thioether (sulfide) groups is 1. The fourth-order valence-corrected chi connectivity index (χ4v) is 3.19. The molecule has 1 aromatic carbocycles. The quantitative estimate of drug-likeness (QED) is 0.185. The highest BCUT2D eigenvalue weighted by molar-refractivity contribution is 14.0. The summed E-state index contributed by atoms with van der Waals surface area (Å²) in [5, 5.41) is 6.69. The fraction of sp³-hybridized carbons (Fsp3) is 0.474. The third-order valence-electron chi connectivity index (χ3n) is 3.49. The lowest BCUT2D eigenvalue weighted by Gasteiger charge is -2.12. The first-order chi connectivity index (χ1) is 12.2. The van der Waals surface area contributed by atoms with Crippen molar-refractivity contribution in [3.05, 3.63) is 48.5 Å². The molecule has 0 aliphatic heterocycles. The molecule has 0 spiro atoms. The van der Waals surface area contributed by atoms with Gasteiger partial charge in [-0.25, -0.2) is 9.98 Å². The maximum atomic E-state index is 4.67. The van der Waals surface area contributed by atoms with Crippen LogP contribution in [0.15, 0.2) is 52.6 Å². The number of nitrogens with one attached hydrogen (secondary N) is 2. The molecule has 0 amide bonds. The van der Waals surface area contributed by atoms with Gasteiger partial charge in [0.15, 0.2) is 5.96 Å². The summed E-state index contributed by atoms with van der Waals surface area (Å²) >= 11 is 1.84. The van der Waals surface area contributed by atoms with Crippen molar-refractivity contribution in [3.63, 3.8) is 0 Å². The number of hydrogen-bond donors (Lipinski definition) is 2. The Hall–Kier alpha value is -1.22. The van der Waals surface area contributed by atoms with Crippen LogP contribution < -0.4 is 10.6 Å². The monoisotopic (exact) mass is 487 g/mol. The third-order valence-corrected chi connectivity index (χ3v) is 4.51. The molecule has 2 N–H and O–H groups in total. The van der Waals surface area contributed by atoms with Crippen LogP contribution in [0.3, 0.4) is 0 Å². The van der Waals surface area contributed by atoms with Crippen molar-refractivity contribution in [2.24, 2.45) is 10.9 Å². The van der Waals surface area contributed by atoms with E-state index < -0.39 is 0 Å². The summed E-state index contributed by atoms with van der Waals surface area (Å²) in [6.45, 7) is 9.77. The molecule has 0 aliphatic rings. The van der Waals surface area contributed by atoms with E-state index in [4.69, 9.17) is 0 Å². The maximum Gasteiger partial charge on any atom is 0.191 e. The molecule has 7 heteroatoms. The van der Waals surface area contributed by atoms with Crippen LogP contribution in [0.4, 0.5) is 0 Å². The van der Waals surface area contributed by atoms with Gasteiger partial charge in [0.2, 0.25) is 0 Å². The van der Waals surface area contributed by atoms with Crippen LogP contribution in [-0.4, -0.2) is 34.4 Å². The van der Waals surface area contributed by atoms with E-state index in [2.05, 4.69) is 70.2 Å². The zero-order valence-electron chi connectivity index (χ0n) is 15.8. The van der Waals surface area contributed by atoms with Crippen LogP contribution >= 0.6 is 35.7 Å². The summed E-state index contributed by atoms with van der Waals surface area (Å²) in [5.41, 5.74) is 0. The van der Waals surface area contributed by atoms with Gasteiger partial charge in [-0.3, -0.25) is 0 Å². The molecule has 1 heterocycles. The molecule has 144 valence electrons. The Morgan fingerprint density at radius 1 is 1.23 bits per heavy atom. The molecule has 0 atom stereocenters. The van der Waals surface area contributed by atoms with Gasteiger partial charge in [-0.2, -0.15) is 0 Å². The predicted molar refractivity (Wildman–Crippen MR) is 122 cm³/mol. The third kappa shape index (κ3) is 8.44. The second kappa shape index (κ2) is 13.0. The maximum absolute atomic E-state index is 4.67. The summed E-state index contributed by atoms with van der Waals surface area (Å²) in [7, 11) is 0. The van der Waals surface area contributed by atoms with Crippen LogP contribution in [0.5, 0.6) is 0 Å². The predicted octanol–water partition coefficient (Wildman–Crippen LogP) is 4.00. The Labute approximate surface area is 178 Å². The van der Waals surface area contributed by atoms with E-state index >= 15 is 0 Å². The van der Waals surface area contributed by atoms with Crippen LogP contribution in [0.2, 0.25) is 0 Å². The van der Waals surface area contributed by atoms with Crippen LogP contribution in [-0.2, 0) is 13.1 Å². The molecule has 0 bridgehead atoms. The minimum absolute atomic E-state index is 0. The molecule has 2 rings (SSSR count). The molecular weight excluding hydrogens is 457 g/mol. The van der Waals surface area contributed by atoms with Gasteiger partial charge in [-0.1, -0.05) is 32.0 Å². The highest BCUT2D eigenvalue weighted by Crippen LogP contribution is 2.15. The van der Waals surface area contributed by atoms with E-state index in [1.54, 1.807) is 0 Å². The number of rotatable bonds is 9. The first-order valence-corrected chi connectivity index (χ1v) is 9.87. The zero-order valence-corrected chi connectivity index (χ0v) is 19.0. The minimum atomic E-state index is 0. The number of aliphatic imine (C=N–C) groups is 1. The summed E-state index contributed by atoms with van der Waals surface area (Å²) in [4.78, 5) is 10.4. The molecule has 5 nitrogen and oxygen atoms in total. The van der Waals surface area contributed by atoms with Crippen molar-refractivity contribution in [1.82, 2.24) is 20.2 Å². The number of aromatic nitrogens is 2. The number of imidazole rings is 1. The number of hydrogen-bond acceptors (Lipinski definition) is 3. The highest BCUT2D eigenvalue weighted by atomic mass is 127. The average Bonchev–Trinajstić information content (AvgIpc) is 3.03. The van der Waals surface area contributed by atoms with Crippen molar-refractivity contribution in [3.8, 4) is 0 Å². The summed E-state index contributed by atoms with van der Waals surface area (Å²) < 4.78 is 2.18. The van der Waals surface area contributed by atoms with Gasteiger partial charge in [-0.05, 0) is 25.0 Å². The van der Waals surface area contributed by atoms with E-state index in [1.807, 2.05) is 30.2 Å². The van der Waals surface area contributed by atoms with Crippen LogP contribution in [0.1, 0.15) is 26.6 Å². The number of guanidine groups is 1. The topological polar surface area (TPSA) is 54.2 Å². The second-order valence-corrected chi connectivity index (χ2v) is 7.34. The van der Waals surface area contributed by atoms with Gasteiger partial charge >= 0.3 is 0 Å². The van der Waals surface area contributed by atoms with Gasteiger partial charge in [0.1, 0.15) is 12.4 Å². The van der Waals surface area contributed by atoms with Crippen molar-refractivity contribution >= 4 is 41.7 Å². The van der Waals surface area contributed by atoms with Crippen molar-refractivity contribution in [2.45, 2.75) is 38.8 Å². The summed E-state index contributed by atoms with van der Waals surface area (Å²) in [6, 6.07) is 10.5. The highest BCUT2D eigenvalue weighted by Gasteiger charge is 2.05. The van der Waals surface area contributed by atoms with Gasteiger partial charge < -0.3 is 15.2 Å². The first kappa shape index (κ1) is 22.8. The van der Waals surface area contributed by atoms with Crippen LogP contribution in [0.25, 0.3) is 0 Å². The van der Waals surface area contributed by atoms with E-state index in [0.29, 0.717) is 12.5 Å². The smallest absolute Gasteiger partial charge is 0.191 e. The lowest BCUT2D eigenvalue weighted by atomic mass is 10.2. The molecule has 0 aliphatic carbocycles. The molecule has 2 aromatic rings. The molecule has 0 saturated carbocycles. The van der Waals surface area contributed by atoms with Gasteiger partial charge in [-0.15, -0.1) is 35.7 Å². The first-order valence-electron chi connectivity index (χ1n) is 8.89. The lowest BCUT2D eigenvalue weighted by molar-refractivity contribution is 0.507. The molecule has 26 heavy (non-hydrogen) atoms. The van der Waals surface area contributed by atoms with E-state index in [-0.39, 0.29) is 24.0 Å². The van der Waals surface area contributed by atoms with Crippen molar-refractivity contribution < 1.29 is 0 Å². The van der Waals surface area contributed by atoms with Crippen LogP contribution in [0, 0.1) is 5.92 Å². The fourth-order valence-electron chi connectivity index (χ4n) is 2.40. The molecule has 0 radical (unpaired) electrons. The van der Waals surface area contributed by atoms with Gasteiger partial charge in [0, 0.05) is 42.7 Å². The molecular formula is C19H30IN5S. The summed E-state index contributed by atoms with van der Waals surface area (Å²) in [5.74, 6) is 3.44. The molecule has 0 unspecified atom stereocenters. The van der Waals surface area contributed by atoms with Gasteiger partial charge in [0.05, 0.1) is 0 Å². The average molecular weight is 487 g/mol. The molecule has 0 saturated heterocycles. The Bertz CT molecular complexity index is 642. The SMILES string of the molecule is CCNC(=NCc1nccn1CC(C)C)NCCSc1ccccc1.I. The second-order valence-electron chi connectivity index (χ2n) is 6.17. The van der Waals surface area contributed by atoms with Gasteiger partial charge in [0.25, 0.3) is 0 Å². The van der Waals surface area contributed by atoms with E-state index in [0.717, 1.165) is 37.2 Å². The minimum Gasteiger partial charge on any atom is -0.357 e. The largest absolute Gasteiger partial charge is 0.357 e. The Morgan fingerprint density at radius 2 is 2.00 bits per heavy atom. The number of halogens is 1. The number of nitrogens with zero attached hydrogens (tertiary/aromatic N) is 3. The normalized spacial score (nSPS) is 11.3. The van der Waals surface area contributed by atoms with Crippen molar-refractivity contribution in [1.29, 1.82) is 0 Å². The standard InChI is InChI=1S/C19H29N5S.HI/c1-4-20-19(22-11-13-25-17-8-6-5-7-9-17)23-14-18-21-10-12-24(18)15-16(2)3;/h5-10,12,16H,4,11,13-15H2,1-3H3,(H2,20,22,23);1H. The Kier molecular flexibility index (Phi) is 11.4. The van der Waals surface area contributed by atoms with E-state index in [1.165, 1.54) is 4.90 Å². The Balaban J connectivity index is 0.00000338. The number of benzene rings is 1. The zero-order chi connectivity index (χ0) is 17.9. The molecule has 1 aromatic heterocycles.